The molecule has 2 N–H and O–H groups in total. The fraction of sp³-hybridized carbons (Fsp3) is 0.439. The van der Waals surface area contributed by atoms with E-state index in [1.54, 1.807) is 18.0 Å². The maximum absolute atomic E-state index is 14.4. The lowest BCUT2D eigenvalue weighted by Gasteiger charge is -2.37. The average molecular weight is 774 g/mol. The minimum absolute atomic E-state index is 0.0564. The quantitative estimate of drug-likeness (QED) is 0.141. The Bertz CT molecular complexity index is 1990. The van der Waals surface area contributed by atoms with Crippen molar-refractivity contribution in [1.29, 1.82) is 0 Å². The molecule has 4 atom stereocenters. The van der Waals surface area contributed by atoms with Gasteiger partial charge in [-0.2, -0.15) is 5.10 Å². The van der Waals surface area contributed by atoms with Crippen molar-refractivity contribution in [3.63, 3.8) is 0 Å². The number of aromatic nitrogens is 2. The van der Waals surface area contributed by atoms with Crippen LogP contribution in [0.15, 0.2) is 89.8 Å². The molecular weight excluding hydrogens is 723 g/mol. The molecule has 2 fully saturated rings. The van der Waals surface area contributed by atoms with Gasteiger partial charge in [0.1, 0.15) is 28.6 Å². The van der Waals surface area contributed by atoms with Crippen LogP contribution in [0.1, 0.15) is 73.0 Å². The fourth-order valence-corrected chi connectivity index (χ4v) is 8.57. The largest absolute Gasteiger partial charge is 0.497 e. The first kappa shape index (κ1) is 39.8. The fourth-order valence-electron chi connectivity index (χ4n) is 7.40. The summed E-state index contributed by atoms with van der Waals surface area (Å²) in [5.74, 6) is -0.501. The first-order chi connectivity index (χ1) is 26.6. The van der Waals surface area contributed by atoms with Crippen LogP contribution in [0.3, 0.4) is 0 Å². The van der Waals surface area contributed by atoms with Gasteiger partial charge in [0.2, 0.25) is 5.91 Å². The molecule has 14 heteroatoms. The highest BCUT2D eigenvalue weighted by atomic mass is 32.2. The summed E-state index contributed by atoms with van der Waals surface area (Å²) in [6.45, 7) is 0.527. The van der Waals surface area contributed by atoms with Crippen molar-refractivity contribution >= 4 is 27.7 Å². The Morgan fingerprint density at radius 1 is 0.800 bits per heavy atom. The van der Waals surface area contributed by atoms with Crippen molar-refractivity contribution in [2.75, 3.05) is 26.0 Å². The second-order valence-corrected chi connectivity index (χ2v) is 15.7. The zero-order chi connectivity index (χ0) is 38.8. The third-order valence-electron chi connectivity index (χ3n) is 10.3. The first-order valence-corrected chi connectivity index (χ1v) is 20.3. The molecule has 2 amide bonds. The molecule has 6 rings (SSSR count). The van der Waals surface area contributed by atoms with Gasteiger partial charge in [-0.3, -0.25) is 14.3 Å². The third-order valence-corrected chi connectivity index (χ3v) is 11.7. The van der Waals surface area contributed by atoms with E-state index in [0.29, 0.717) is 19.0 Å². The number of anilines is 1. The number of nitrogens with zero attached hydrogens (tertiary/aromatic N) is 3. The van der Waals surface area contributed by atoms with E-state index in [4.69, 9.17) is 18.9 Å². The van der Waals surface area contributed by atoms with E-state index in [9.17, 15) is 18.0 Å². The highest BCUT2D eigenvalue weighted by Gasteiger charge is 2.35. The van der Waals surface area contributed by atoms with E-state index < -0.39 is 15.9 Å². The van der Waals surface area contributed by atoms with Crippen molar-refractivity contribution in [2.24, 2.45) is 0 Å². The van der Waals surface area contributed by atoms with Crippen molar-refractivity contribution in [3.8, 4) is 11.5 Å². The van der Waals surface area contributed by atoms with Gasteiger partial charge >= 0.3 is 0 Å². The standard InChI is InChI=1S/C41H51N5O8S/c1-45(33-19-11-13-21-36(33)54-28-30-16-8-5-9-17-30)41(48)34-25-39(44-55(49,50)38-24-31(51-2)22-23-37(38)52-3)43-46(34)26-40(47)42-32-18-10-12-20-35(32)53-27-29-14-6-4-7-15-29/h4-9,14-17,22-25,32-33,35-36H,10-13,18-21,26-28H2,1-3H3,(H,42,47)(H,43,44)/t32-,33-,35?,36-/m0/s1. The van der Waals surface area contributed by atoms with Gasteiger partial charge in [-0.15, -0.1) is 0 Å². The number of ether oxygens (including phenoxy) is 4. The molecule has 2 saturated carbocycles. The van der Waals surface area contributed by atoms with Gasteiger partial charge in [-0.05, 0) is 48.9 Å². The number of carbonyl (C=O) groups excluding carboxylic acids is 2. The number of hydrogen-bond acceptors (Lipinski definition) is 9. The second kappa shape index (κ2) is 18.6. The number of hydrogen-bond donors (Lipinski definition) is 2. The Morgan fingerprint density at radius 2 is 1.42 bits per heavy atom. The van der Waals surface area contributed by atoms with E-state index in [-0.39, 0.29) is 58.9 Å². The van der Waals surface area contributed by atoms with Crippen molar-refractivity contribution in [2.45, 2.75) is 100 Å². The monoisotopic (exact) mass is 773 g/mol. The Hall–Kier alpha value is -4.92. The SMILES string of the molecule is COc1ccc(OC)c(S(=O)(=O)Nc2cc(C(=O)N(C)[C@H]3CCCC[C@@H]3OCc3ccccc3)n(CC(=O)N[C@H]3CCCCC3OCc3ccccc3)n2)c1. The summed E-state index contributed by atoms with van der Waals surface area (Å²) in [6.07, 6.45) is 6.54. The minimum Gasteiger partial charge on any atom is -0.497 e. The predicted octanol–water partition coefficient (Wildman–Crippen LogP) is 5.95. The molecule has 3 aromatic carbocycles. The Kier molecular flexibility index (Phi) is 13.5. The van der Waals surface area contributed by atoms with Gasteiger partial charge in [0.25, 0.3) is 15.9 Å². The summed E-state index contributed by atoms with van der Waals surface area (Å²) >= 11 is 0. The average Bonchev–Trinajstić information content (AvgIpc) is 3.60. The van der Waals surface area contributed by atoms with E-state index in [1.165, 1.54) is 37.1 Å². The number of rotatable bonds is 16. The molecule has 0 bridgehead atoms. The molecule has 2 aliphatic carbocycles. The molecule has 294 valence electrons. The first-order valence-electron chi connectivity index (χ1n) is 18.9. The van der Waals surface area contributed by atoms with Crippen LogP contribution in [0.5, 0.6) is 11.5 Å². The topological polar surface area (TPSA) is 150 Å². The van der Waals surface area contributed by atoms with Gasteiger partial charge < -0.3 is 29.2 Å². The maximum atomic E-state index is 14.4. The lowest BCUT2D eigenvalue weighted by molar-refractivity contribution is -0.124. The molecule has 1 heterocycles. The van der Waals surface area contributed by atoms with Crippen LogP contribution in [-0.4, -0.2) is 80.5 Å². The summed E-state index contributed by atoms with van der Waals surface area (Å²) in [5, 5.41) is 7.60. The molecule has 55 heavy (non-hydrogen) atoms. The van der Waals surface area contributed by atoms with Crippen molar-refractivity contribution < 1.29 is 37.0 Å². The molecule has 1 unspecified atom stereocenters. The molecule has 0 saturated heterocycles. The van der Waals surface area contributed by atoms with Crippen LogP contribution in [0.4, 0.5) is 5.82 Å². The molecule has 4 aromatic rings. The zero-order valence-electron chi connectivity index (χ0n) is 31.7. The van der Waals surface area contributed by atoms with Gasteiger partial charge in [0, 0.05) is 19.2 Å². The molecule has 0 aliphatic heterocycles. The maximum Gasteiger partial charge on any atom is 0.272 e. The van der Waals surface area contributed by atoms with Gasteiger partial charge in [-0.25, -0.2) is 13.1 Å². The molecule has 0 radical (unpaired) electrons. The zero-order valence-corrected chi connectivity index (χ0v) is 32.5. The van der Waals surface area contributed by atoms with Crippen molar-refractivity contribution in [3.05, 3.63) is 102 Å². The predicted molar refractivity (Wildman–Crippen MR) is 207 cm³/mol. The van der Waals surface area contributed by atoms with Crippen LogP contribution in [0, 0.1) is 0 Å². The van der Waals surface area contributed by atoms with Crippen LogP contribution < -0.4 is 19.5 Å². The lowest BCUT2D eigenvalue weighted by Crippen LogP contribution is -2.48. The highest BCUT2D eigenvalue weighted by molar-refractivity contribution is 7.92. The van der Waals surface area contributed by atoms with E-state index >= 15 is 0 Å². The van der Waals surface area contributed by atoms with Crippen LogP contribution in [0.2, 0.25) is 0 Å². The molecule has 2 aliphatic rings. The number of carbonyl (C=O) groups is 2. The number of methoxy groups -OCH3 is 2. The number of sulfonamides is 1. The lowest BCUT2D eigenvalue weighted by atomic mass is 9.91. The minimum atomic E-state index is -4.28. The summed E-state index contributed by atoms with van der Waals surface area (Å²) in [5.41, 5.74) is 2.15. The number of benzene rings is 3. The summed E-state index contributed by atoms with van der Waals surface area (Å²) in [4.78, 5) is 29.6. The van der Waals surface area contributed by atoms with Crippen LogP contribution in [0.25, 0.3) is 0 Å². The van der Waals surface area contributed by atoms with Gasteiger partial charge in [-0.1, -0.05) is 86.3 Å². The third kappa shape index (κ3) is 10.2. The normalized spacial score (nSPS) is 20.0. The van der Waals surface area contributed by atoms with E-state index in [0.717, 1.165) is 62.5 Å². The molecule has 13 nitrogen and oxygen atoms in total. The van der Waals surface area contributed by atoms with Gasteiger partial charge in [0.15, 0.2) is 5.82 Å². The molecule has 1 aromatic heterocycles. The number of nitrogens with one attached hydrogen (secondary N) is 2. The summed E-state index contributed by atoms with van der Waals surface area (Å²) < 4.78 is 54.5. The van der Waals surface area contributed by atoms with Gasteiger partial charge in [0.05, 0.1) is 51.7 Å². The number of likely N-dealkylation sites (N-methyl/N-ethyl adjacent to an activating group) is 1. The Labute approximate surface area is 323 Å². The van der Waals surface area contributed by atoms with Crippen LogP contribution in [-0.2, 0) is 44.1 Å². The van der Waals surface area contributed by atoms with Crippen LogP contribution >= 0.6 is 0 Å². The smallest absolute Gasteiger partial charge is 0.272 e. The Morgan fingerprint density at radius 3 is 2.07 bits per heavy atom. The molecular formula is C41H51N5O8S. The Balaban J connectivity index is 1.24. The summed E-state index contributed by atoms with van der Waals surface area (Å²) in [7, 11) is 0.236. The molecule has 0 spiro atoms. The highest BCUT2D eigenvalue weighted by Crippen LogP contribution is 2.31. The number of amides is 2. The second-order valence-electron chi connectivity index (χ2n) is 14.1. The van der Waals surface area contributed by atoms with E-state index in [1.807, 2.05) is 60.7 Å². The summed E-state index contributed by atoms with van der Waals surface area (Å²) in [6, 6.07) is 25.1. The van der Waals surface area contributed by atoms with E-state index in [2.05, 4.69) is 15.1 Å². The van der Waals surface area contributed by atoms with Crippen molar-refractivity contribution in [1.82, 2.24) is 20.0 Å².